The van der Waals surface area contributed by atoms with Gasteiger partial charge < -0.3 is 5.32 Å². The Morgan fingerprint density at radius 2 is 1.65 bits per heavy atom. The molecule has 0 saturated carbocycles. The van der Waals surface area contributed by atoms with Crippen LogP contribution in [0.1, 0.15) is 11.1 Å². The Morgan fingerprint density at radius 3 is 2.39 bits per heavy atom. The summed E-state index contributed by atoms with van der Waals surface area (Å²) in [7, 11) is 0. The number of aromatic nitrogens is 3. The largest absolute Gasteiger partial charge is 0.350 e. The number of hydrogen-bond acceptors (Lipinski definition) is 4. The van der Waals surface area contributed by atoms with Gasteiger partial charge in [0.25, 0.3) is 5.56 Å². The summed E-state index contributed by atoms with van der Waals surface area (Å²) < 4.78 is 2.36. The van der Waals surface area contributed by atoms with Gasteiger partial charge >= 0.3 is 5.69 Å². The van der Waals surface area contributed by atoms with Crippen LogP contribution in [-0.4, -0.2) is 20.0 Å². The van der Waals surface area contributed by atoms with Crippen molar-refractivity contribution in [3.63, 3.8) is 0 Å². The summed E-state index contributed by atoms with van der Waals surface area (Å²) >= 11 is 5.92. The molecule has 0 spiro atoms. The summed E-state index contributed by atoms with van der Waals surface area (Å²) in [5.41, 5.74) is 1.06. The van der Waals surface area contributed by atoms with Crippen molar-refractivity contribution in [2.45, 2.75) is 19.6 Å². The zero-order valence-electron chi connectivity index (χ0n) is 16.5. The molecule has 0 bridgehead atoms. The lowest BCUT2D eigenvalue weighted by Gasteiger charge is -2.14. The maximum Gasteiger partial charge on any atom is 0.332 e. The molecule has 2 aromatic heterocycles. The number of carbonyl (C=O) groups excluding carboxylic acids is 1. The number of fused-ring (bicyclic) bond motifs is 1. The Hall–Kier alpha value is -3.71. The molecule has 0 atom stereocenters. The van der Waals surface area contributed by atoms with Crippen molar-refractivity contribution in [2.75, 3.05) is 0 Å². The summed E-state index contributed by atoms with van der Waals surface area (Å²) in [6.07, 6.45) is 1.49. The molecule has 1 N–H and O–H groups in total. The van der Waals surface area contributed by atoms with Crippen molar-refractivity contribution in [2.24, 2.45) is 0 Å². The van der Waals surface area contributed by atoms with Crippen molar-refractivity contribution >= 4 is 28.5 Å². The molecule has 156 valence electrons. The third-order valence-corrected chi connectivity index (χ3v) is 5.13. The topological polar surface area (TPSA) is 86.0 Å². The smallest absolute Gasteiger partial charge is 0.332 e. The number of nitrogens with zero attached hydrogens (tertiary/aromatic N) is 3. The van der Waals surface area contributed by atoms with Gasteiger partial charge in [-0.05, 0) is 35.4 Å². The van der Waals surface area contributed by atoms with E-state index in [4.69, 9.17) is 11.6 Å². The number of halogens is 1. The lowest BCUT2D eigenvalue weighted by Crippen LogP contribution is -2.43. The number of benzene rings is 2. The van der Waals surface area contributed by atoms with Crippen LogP contribution in [0.15, 0.2) is 82.5 Å². The van der Waals surface area contributed by atoms with E-state index in [2.05, 4.69) is 10.3 Å². The van der Waals surface area contributed by atoms with E-state index in [-0.39, 0.29) is 24.5 Å². The van der Waals surface area contributed by atoms with Gasteiger partial charge in [-0.2, -0.15) is 0 Å². The van der Waals surface area contributed by atoms with Crippen LogP contribution in [0.5, 0.6) is 0 Å². The predicted molar refractivity (Wildman–Crippen MR) is 119 cm³/mol. The molecule has 1 amide bonds. The lowest BCUT2D eigenvalue weighted by atomic mass is 10.2. The molecule has 0 aliphatic carbocycles. The van der Waals surface area contributed by atoms with Crippen molar-refractivity contribution in [3.05, 3.63) is 110 Å². The Balaban J connectivity index is 1.68. The Labute approximate surface area is 182 Å². The van der Waals surface area contributed by atoms with Crippen molar-refractivity contribution in [1.82, 2.24) is 19.4 Å². The van der Waals surface area contributed by atoms with E-state index >= 15 is 0 Å². The second-order valence-corrected chi connectivity index (χ2v) is 7.46. The molecule has 7 nitrogen and oxygen atoms in total. The number of amides is 1. The van der Waals surface area contributed by atoms with E-state index in [1.807, 2.05) is 30.3 Å². The summed E-state index contributed by atoms with van der Waals surface area (Å²) in [6.45, 7) is 0.163. The van der Waals surface area contributed by atoms with Gasteiger partial charge in [-0.3, -0.25) is 18.7 Å². The molecule has 0 fully saturated rings. The van der Waals surface area contributed by atoms with E-state index in [1.165, 1.54) is 10.8 Å². The number of pyridine rings is 1. The van der Waals surface area contributed by atoms with Gasteiger partial charge in [0.15, 0.2) is 5.52 Å². The quantitative estimate of drug-likeness (QED) is 0.505. The van der Waals surface area contributed by atoms with Gasteiger partial charge in [-0.15, -0.1) is 0 Å². The molecule has 0 aliphatic rings. The molecular formula is C23H19ClN4O3. The highest BCUT2D eigenvalue weighted by Gasteiger charge is 2.16. The van der Waals surface area contributed by atoms with Gasteiger partial charge in [0.05, 0.1) is 12.1 Å². The number of rotatable bonds is 6. The van der Waals surface area contributed by atoms with E-state index in [0.29, 0.717) is 17.1 Å². The summed E-state index contributed by atoms with van der Waals surface area (Å²) in [5, 5.41) is 3.37. The molecule has 0 radical (unpaired) electrons. The minimum absolute atomic E-state index is 0.0486. The highest BCUT2D eigenvalue weighted by molar-refractivity contribution is 6.30. The van der Waals surface area contributed by atoms with Crippen molar-refractivity contribution in [3.8, 4) is 0 Å². The molecule has 2 heterocycles. The Bertz CT molecular complexity index is 1350. The minimum Gasteiger partial charge on any atom is -0.350 e. The molecular weight excluding hydrogens is 416 g/mol. The van der Waals surface area contributed by atoms with Crippen molar-refractivity contribution in [1.29, 1.82) is 0 Å². The van der Waals surface area contributed by atoms with Gasteiger partial charge in [0.1, 0.15) is 6.54 Å². The number of nitrogens with one attached hydrogen (secondary N) is 1. The molecule has 0 unspecified atom stereocenters. The Morgan fingerprint density at radius 1 is 0.903 bits per heavy atom. The highest BCUT2D eigenvalue weighted by Crippen LogP contribution is 2.11. The standard InChI is InChI=1S/C23H19ClN4O3/c24-18-10-8-17(9-11-18)14-28-22(30)21-19(7-4-12-25-21)27(23(28)31)15-20(29)26-13-16-5-2-1-3-6-16/h1-12H,13-15H2,(H,26,29). The molecule has 4 rings (SSSR count). The van der Waals surface area contributed by atoms with Crippen molar-refractivity contribution < 1.29 is 4.79 Å². The minimum atomic E-state index is -0.574. The summed E-state index contributed by atoms with van der Waals surface area (Å²) in [6, 6.07) is 19.6. The number of carbonyl (C=O) groups is 1. The van der Waals surface area contributed by atoms with Crippen LogP contribution in [0.3, 0.4) is 0 Å². The summed E-state index contributed by atoms with van der Waals surface area (Å²) in [4.78, 5) is 42.8. The third kappa shape index (κ3) is 4.57. The van der Waals surface area contributed by atoms with Crippen LogP contribution in [0.4, 0.5) is 0 Å². The molecule has 31 heavy (non-hydrogen) atoms. The average molecular weight is 435 g/mol. The lowest BCUT2D eigenvalue weighted by molar-refractivity contribution is -0.121. The van der Waals surface area contributed by atoms with Crippen LogP contribution in [-0.2, 0) is 24.4 Å². The van der Waals surface area contributed by atoms with E-state index in [9.17, 15) is 14.4 Å². The van der Waals surface area contributed by atoms with Crippen LogP contribution < -0.4 is 16.6 Å². The maximum atomic E-state index is 13.2. The first-order valence-corrected chi connectivity index (χ1v) is 10.0. The number of hydrogen-bond donors (Lipinski definition) is 1. The molecule has 0 aliphatic heterocycles. The zero-order valence-corrected chi connectivity index (χ0v) is 17.2. The van der Waals surface area contributed by atoms with E-state index in [1.54, 1.807) is 36.4 Å². The van der Waals surface area contributed by atoms with Crippen LogP contribution >= 0.6 is 11.6 Å². The SMILES string of the molecule is O=C(Cn1c(=O)n(Cc2ccc(Cl)cc2)c(=O)c2ncccc21)NCc1ccccc1. The van der Waals surface area contributed by atoms with Gasteiger partial charge in [0, 0.05) is 17.8 Å². The molecule has 8 heteroatoms. The van der Waals surface area contributed by atoms with Crippen LogP contribution in [0.2, 0.25) is 5.02 Å². The molecule has 0 saturated heterocycles. The van der Waals surface area contributed by atoms with Gasteiger partial charge in [0.2, 0.25) is 5.91 Å². The maximum absolute atomic E-state index is 13.2. The first-order chi connectivity index (χ1) is 15.0. The fourth-order valence-corrected chi connectivity index (χ4v) is 3.43. The fraction of sp³-hybridized carbons (Fsp3) is 0.130. The normalized spacial score (nSPS) is 10.9. The summed E-state index contributed by atoms with van der Waals surface area (Å²) in [5.74, 6) is -0.340. The first-order valence-electron chi connectivity index (χ1n) is 9.66. The first kappa shape index (κ1) is 20.6. The fourth-order valence-electron chi connectivity index (χ4n) is 3.30. The highest BCUT2D eigenvalue weighted by atomic mass is 35.5. The van der Waals surface area contributed by atoms with Gasteiger partial charge in [-0.25, -0.2) is 9.78 Å². The Kier molecular flexibility index (Phi) is 5.95. The van der Waals surface area contributed by atoms with E-state index in [0.717, 1.165) is 15.7 Å². The van der Waals surface area contributed by atoms with Crippen LogP contribution in [0.25, 0.3) is 11.0 Å². The monoisotopic (exact) mass is 434 g/mol. The predicted octanol–water partition coefficient (Wildman–Crippen LogP) is 2.58. The van der Waals surface area contributed by atoms with E-state index < -0.39 is 11.2 Å². The molecule has 2 aromatic carbocycles. The third-order valence-electron chi connectivity index (χ3n) is 4.87. The van der Waals surface area contributed by atoms with Gasteiger partial charge in [-0.1, -0.05) is 54.1 Å². The second-order valence-electron chi connectivity index (χ2n) is 7.02. The second kappa shape index (κ2) is 8.97. The molecule has 4 aromatic rings. The van der Waals surface area contributed by atoms with Crippen LogP contribution in [0, 0.1) is 0 Å². The average Bonchev–Trinajstić information content (AvgIpc) is 2.80. The zero-order chi connectivity index (χ0) is 21.8.